The number of likely N-dealkylation sites (tertiary alicyclic amines) is 1. The van der Waals surface area contributed by atoms with Gasteiger partial charge < -0.3 is 15.3 Å². The van der Waals surface area contributed by atoms with Crippen molar-refractivity contribution in [3.05, 3.63) is 29.8 Å². The fourth-order valence-corrected chi connectivity index (χ4v) is 3.97. The van der Waals surface area contributed by atoms with Gasteiger partial charge in [-0.2, -0.15) is 0 Å². The van der Waals surface area contributed by atoms with Crippen LogP contribution < -0.4 is 5.32 Å². The third kappa shape index (κ3) is 5.59. The number of benzene rings is 1. The Morgan fingerprint density at radius 3 is 2.56 bits per heavy atom. The molecular weight excluding hydrogens is 340 g/mol. The standard InChI is InChI=1S/C21H34N4O2/c1-21(2,3)25-8-7-18(16-25)14-22-20(27)24-11-9-23(10-12-24)15-17-5-4-6-19(26)13-17/h4-6,13,18,26H,7-12,14-16H2,1-3H3,(H,22,27). The van der Waals surface area contributed by atoms with E-state index in [-0.39, 0.29) is 11.6 Å². The van der Waals surface area contributed by atoms with Gasteiger partial charge in [-0.3, -0.25) is 9.80 Å². The van der Waals surface area contributed by atoms with Gasteiger partial charge in [0.1, 0.15) is 5.75 Å². The van der Waals surface area contributed by atoms with Crippen LogP contribution in [0.25, 0.3) is 0 Å². The number of nitrogens with zero attached hydrogens (tertiary/aromatic N) is 3. The van der Waals surface area contributed by atoms with Gasteiger partial charge in [0, 0.05) is 51.4 Å². The first-order valence-electron chi connectivity index (χ1n) is 10.1. The molecule has 2 amide bonds. The zero-order chi connectivity index (χ0) is 19.4. The van der Waals surface area contributed by atoms with Crippen LogP contribution in [0.5, 0.6) is 5.75 Å². The maximum atomic E-state index is 12.5. The first-order valence-corrected chi connectivity index (χ1v) is 10.1. The number of piperazine rings is 1. The van der Waals surface area contributed by atoms with Gasteiger partial charge in [0.2, 0.25) is 0 Å². The zero-order valence-corrected chi connectivity index (χ0v) is 16.9. The first kappa shape index (κ1) is 20.0. The van der Waals surface area contributed by atoms with Gasteiger partial charge in [-0.15, -0.1) is 0 Å². The molecule has 6 nitrogen and oxygen atoms in total. The Bertz CT molecular complexity index is 635. The van der Waals surface area contributed by atoms with Gasteiger partial charge in [-0.05, 0) is 57.4 Å². The molecule has 27 heavy (non-hydrogen) atoms. The van der Waals surface area contributed by atoms with E-state index in [1.165, 1.54) is 0 Å². The fraction of sp³-hybridized carbons (Fsp3) is 0.667. The van der Waals surface area contributed by atoms with E-state index in [0.29, 0.717) is 11.7 Å². The Labute approximate surface area is 163 Å². The molecule has 1 aromatic carbocycles. The van der Waals surface area contributed by atoms with E-state index in [9.17, 15) is 9.90 Å². The Morgan fingerprint density at radius 1 is 1.19 bits per heavy atom. The van der Waals surface area contributed by atoms with E-state index in [0.717, 1.165) is 64.3 Å². The number of phenols is 1. The topological polar surface area (TPSA) is 59.1 Å². The molecule has 2 N–H and O–H groups in total. The van der Waals surface area contributed by atoms with Gasteiger partial charge in [-0.1, -0.05) is 12.1 Å². The second-order valence-corrected chi connectivity index (χ2v) is 8.89. The van der Waals surface area contributed by atoms with E-state index < -0.39 is 0 Å². The minimum Gasteiger partial charge on any atom is -0.508 e. The molecule has 2 heterocycles. The Kier molecular flexibility index (Phi) is 6.27. The van der Waals surface area contributed by atoms with Crippen LogP contribution in [0.1, 0.15) is 32.8 Å². The maximum absolute atomic E-state index is 12.5. The number of aromatic hydroxyl groups is 1. The van der Waals surface area contributed by atoms with E-state index in [2.05, 4.69) is 35.9 Å². The average molecular weight is 375 g/mol. The van der Waals surface area contributed by atoms with Gasteiger partial charge in [-0.25, -0.2) is 4.79 Å². The number of carbonyl (C=O) groups excluding carboxylic acids is 1. The number of phenolic OH excluding ortho intramolecular Hbond substituents is 1. The lowest BCUT2D eigenvalue weighted by Gasteiger charge is -2.35. The van der Waals surface area contributed by atoms with Crippen LogP contribution in [-0.4, -0.2) is 77.2 Å². The number of urea groups is 1. The van der Waals surface area contributed by atoms with Crippen molar-refractivity contribution in [3.63, 3.8) is 0 Å². The van der Waals surface area contributed by atoms with E-state index in [4.69, 9.17) is 0 Å². The van der Waals surface area contributed by atoms with Crippen LogP contribution in [0.2, 0.25) is 0 Å². The summed E-state index contributed by atoms with van der Waals surface area (Å²) in [4.78, 5) is 19.3. The van der Waals surface area contributed by atoms with Crippen LogP contribution in [-0.2, 0) is 6.54 Å². The summed E-state index contributed by atoms with van der Waals surface area (Å²) < 4.78 is 0. The second-order valence-electron chi connectivity index (χ2n) is 8.89. The van der Waals surface area contributed by atoms with Gasteiger partial charge in [0.05, 0.1) is 0 Å². The maximum Gasteiger partial charge on any atom is 0.317 e. The fourth-order valence-electron chi connectivity index (χ4n) is 3.97. The van der Waals surface area contributed by atoms with Crippen LogP contribution in [0, 0.1) is 5.92 Å². The molecule has 2 saturated heterocycles. The smallest absolute Gasteiger partial charge is 0.317 e. The molecule has 1 atom stereocenters. The highest BCUT2D eigenvalue weighted by molar-refractivity contribution is 5.74. The second kappa shape index (κ2) is 8.48. The Hall–Kier alpha value is -1.79. The van der Waals surface area contributed by atoms with Crippen LogP contribution in [0.3, 0.4) is 0 Å². The van der Waals surface area contributed by atoms with E-state index >= 15 is 0 Å². The SMILES string of the molecule is CC(C)(C)N1CCC(CNC(=O)N2CCN(Cc3cccc(O)c3)CC2)C1. The average Bonchev–Trinajstić information content (AvgIpc) is 3.10. The lowest BCUT2D eigenvalue weighted by molar-refractivity contribution is 0.134. The third-order valence-corrected chi connectivity index (χ3v) is 5.75. The molecular formula is C21H34N4O2. The Balaban J connectivity index is 1.37. The minimum absolute atomic E-state index is 0.0706. The molecule has 0 radical (unpaired) electrons. The number of hydrogen-bond donors (Lipinski definition) is 2. The van der Waals surface area contributed by atoms with Gasteiger partial charge in [0.15, 0.2) is 0 Å². The van der Waals surface area contributed by atoms with Crippen molar-refractivity contribution in [2.45, 2.75) is 39.3 Å². The highest BCUT2D eigenvalue weighted by atomic mass is 16.3. The van der Waals surface area contributed by atoms with Crippen molar-refractivity contribution in [2.75, 3.05) is 45.8 Å². The van der Waals surface area contributed by atoms with Gasteiger partial charge in [0.25, 0.3) is 0 Å². The van der Waals surface area contributed by atoms with Crippen molar-refractivity contribution in [3.8, 4) is 5.75 Å². The zero-order valence-electron chi connectivity index (χ0n) is 16.9. The molecule has 3 rings (SSSR count). The molecule has 150 valence electrons. The summed E-state index contributed by atoms with van der Waals surface area (Å²) in [5.41, 5.74) is 1.32. The molecule has 0 saturated carbocycles. The summed E-state index contributed by atoms with van der Waals surface area (Å²) in [5.74, 6) is 0.864. The molecule has 1 aromatic rings. The highest BCUT2D eigenvalue weighted by Crippen LogP contribution is 2.24. The van der Waals surface area contributed by atoms with Crippen LogP contribution in [0.15, 0.2) is 24.3 Å². The lowest BCUT2D eigenvalue weighted by atomic mass is 10.1. The number of amides is 2. The normalized spacial score (nSPS) is 22.2. The lowest BCUT2D eigenvalue weighted by Crippen LogP contribution is -2.52. The predicted octanol–water partition coefficient (Wildman–Crippen LogP) is 2.34. The molecule has 0 bridgehead atoms. The highest BCUT2D eigenvalue weighted by Gasteiger charge is 2.30. The van der Waals surface area contributed by atoms with Crippen molar-refractivity contribution in [2.24, 2.45) is 5.92 Å². The third-order valence-electron chi connectivity index (χ3n) is 5.75. The molecule has 0 spiro atoms. The summed E-state index contributed by atoms with van der Waals surface area (Å²) in [7, 11) is 0. The van der Waals surface area contributed by atoms with Crippen molar-refractivity contribution in [1.29, 1.82) is 0 Å². The van der Waals surface area contributed by atoms with E-state index in [1.54, 1.807) is 6.07 Å². The van der Waals surface area contributed by atoms with E-state index in [1.807, 2.05) is 23.1 Å². The van der Waals surface area contributed by atoms with Gasteiger partial charge >= 0.3 is 6.03 Å². The quantitative estimate of drug-likeness (QED) is 0.849. The largest absolute Gasteiger partial charge is 0.508 e. The molecule has 0 aliphatic carbocycles. The predicted molar refractivity (Wildman–Crippen MR) is 108 cm³/mol. The number of carbonyl (C=O) groups is 1. The summed E-state index contributed by atoms with van der Waals surface area (Å²) in [6.07, 6.45) is 1.16. The summed E-state index contributed by atoms with van der Waals surface area (Å²) >= 11 is 0. The molecule has 2 aliphatic heterocycles. The Morgan fingerprint density at radius 2 is 1.93 bits per heavy atom. The minimum atomic E-state index is 0.0706. The molecule has 1 unspecified atom stereocenters. The summed E-state index contributed by atoms with van der Waals surface area (Å²) in [5, 5.41) is 12.7. The van der Waals surface area contributed by atoms with Crippen molar-refractivity contribution >= 4 is 6.03 Å². The number of hydrogen-bond acceptors (Lipinski definition) is 4. The summed E-state index contributed by atoms with van der Waals surface area (Å²) in [6.45, 7) is 13.8. The van der Waals surface area contributed by atoms with Crippen molar-refractivity contribution < 1.29 is 9.90 Å². The number of rotatable bonds is 4. The molecule has 2 fully saturated rings. The first-order chi connectivity index (χ1) is 12.8. The summed E-state index contributed by atoms with van der Waals surface area (Å²) in [6, 6.07) is 7.47. The molecule has 6 heteroatoms. The molecule has 0 aromatic heterocycles. The van der Waals surface area contributed by atoms with Crippen LogP contribution in [0.4, 0.5) is 4.79 Å². The number of nitrogens with one attached hydrogen (secondary N) is 1. The monoisotopic (exact) mass is 374 g/mol. The molecule has 2 aliphatic rings. The van der Waals surface area contributed by atoms with Crippen LogP contribution >= 0.6 is 0 Å². The van der Waals surface area contributed by atoms with Crippen molar-refractivity contribution in [1.82, 2.24) is 20.0 Å².